The maximum absolute atomic E-state index is 12.7. The Hall–Kier alpha value is -2.44. The highest BCUT2D eigenvalue weighted by molar-refractivity contribution is 7.91. The van der Waals surface area contributed by atoms with Gasteiger partial charge in [0.15, 0.2) is 0 Å². The molecular weight excluding hydrogens is 394 g/mol. The maximum atomic E-state index is 12.7. The predicted molar refractivity (Wildman–Crippen MR) is 119 cm³/mol. The van der Waals surface area contributed by atoms with Gasteiger partial charge in [-0.25, -0.2) is 13.4 Å². The molecular formula is C24H29N3O2S. The Kier molecular flexibility index (Phi) is 6.06. The number of rotatable bonds is 7. The van der Waals surface area contributed by atoms with Crippen LogP contribution in [0.5, 0.6) is 0 Å². The number of hydrogen-bond acceptors (Lipinski definition) is 4. The van der Waals surface area contributed by atoms with Gasteiger partial charge in [-0.1, -0.05) is 61.5 Å². The van der Waals surface area contributed by atoms with E-state index in [0.717, 1.165) is 24.1 Å². The van der Waals surface area contributed by atoms with Gasteiger partial charge < -0.3 is 4.57 Å². The molecule has 0 N–H and O–H groups in total. The second-order valence-electron chi connectivity index (χ2n) is 8.03. The van der Waals surface area contributed by atoms with Crippen LogP contribution in [0.15, 0.2) is 66.0 Å². The van der Waals surface area contributed by atoms with Crippen LogP contribution < -0.4 is 0 Å². The van der Waals surface area contributed by atoms with Crippen molar-refractivity contribution < 1.29 is 8.42 Å². The highest BCUT2D eigenvalue weighted by Crippen LogP contribution is 2.34. The Morgan fingerprint density at radius 3 is 2.60 bits per heavy atom. The minimum Gasteiger partial charge on any atom is -0.313 e. The van der Waals surface area contributed by atoms with E-state index < -0.39 is 9.84 Å². The molecule has 0 amide bonds. The van der Waals surface area contributed by atoms with E-state index in [1.54, 1.807) is 13.1 Å². The lowest BCUT2D eigenvalue weighted by molar-refractivity contribution is 0.208. The molecule has 0 unspecified atom stereocenters. The number of sulfone groups is 1. The topological polar surface area (TPSA) is 55.2 Å². The molecule has 0 aliphatic heterocycles. The summed E-state index contributed by atoms with van der Waals surface area (Å²) >= 11 is 0. The Balaban J connectivity index is 1.66. The minimum absolute atomic E-state index is 0.0457. The number of hydrogen-bond donors (Lipinski definition) is 0. The highest BCUT2D eigenvalue weighted by atomic mass is 32.2. The second kappa shape index (κ2) is 8.74. The highest BCUT2D eigenvalue weighted by Gasteiger charge is 2.26. The largest absolute Gasteiger partial charge is 0.313 e. The van der Waals surface area contributed by atoms with Gasteiger partial charge >= 0.3 is 0 Å². The number of benzene rings is 2. The Morgan fingerprint density at radius 2 is 1.83 bits per heavy atom. The van der Waals surface area contributed by atoms with Crippen LogP contribution in [-0.2, 0) is 29.3 Å². The number of fused-ring (bicyclic) bond motifs is 1. The fourth-order valence-corrected chi connectivity index (χ4v) is 5.37. The Labute approximate surface area is 179 Å². The average molecular weight is 424 g/mol. The fourth-order valence-electron chi connectivity index (χ4n) is 4.38. The molecule has 1 atom stereocenters. The molecule has 1 aliphatic rings. The molecule has 1 aromatic heterocycles. The molecule has 30 heavy (non-hydrogen) atoms. The normalized spacial score (nSPS) is 16.6. The monoisotopic (exact) mass is 423 g/mol. The van der Waals surface area contributed by atoms with Crippen LogP contribution in [0.2, 0.25) is 0 Å². The molecule has 0 fully saturated rings. The van der Waals surface area contributed by atoms with Gasteiger partial charge in [0.05, 0.1) is 24.2 Å². The summed E-state index contributed by atoms with van der Waals surface area (Å²) in [4.78, 5) is 6.68. The first kappa shape index (κ1) is 20.8. The van der Waals surface area contributed by atoms with Crippen LogP contribution in [0.25, 0.3) is 0 Å². The second-order valence-corrected chi connectivity index (χ2v) is 10.2. The summed E-state index contributed by atoms with van der Waals surface area (Å²) < 4.78 is 27.2. The van der Waals surface area contributed by atoms with E-state index in [1.165, 1.54) is 17.5 Å². The fraction of sp³-hybridized carbons (Fsp3) is 0.375. The van der Waals surface area contributed by atoms with Gasteiger partial charge in [-0.05, 0) is 43.0 Å². The van der Waals surface area contributed by atoms with Crippen LogP contribution >= 0.6 is 0 Å². The molecule has 158 valence electrons. The van der Waals surface area contributed by atoms with Gasteiger partial charge in [0.1, 0.15) is 0 Å². The van der Waals surface area contributed by atoms with E-state index in [0.29, 0.717) is 19.1 Å². The van der Waals surface area contributed by atoms with Gasteiger partial charge in [0.25, 0.3) is 0 Å². The van der Waals surface area contributed by atoms with Crippen molar-refractivity contribution in [2.24, 2.45) is 0 Å². The van der Waals surface area contributed by atoms with E-state index in [-0.39, 0.29) is 10.9 Å². The molecule has 4 rings (SSSR count). The number of aromatic nitrogens is 2. The first-order valence-corrected chi connectivity index (χ1v) is 12.2. The lowest BCUT2D eigenvalue weighted by Gasteiger charge is -2.33. The molecule has 0 bridgehead atoms. The quantitative estimate of drug-likeness (QED) is 0.571. The van der Waals surface area contributed by atoms with Crippen molar-refractivity contribution >= 4 is 9.84 Å². The van der Waals surface area contributed by atoms with Crippen molar-refractivity contribution in [2.75, 3.05) is 12.8 Å². The molecule has 1 aliphatic carbocycles. The van der Waals surface area contributed by atoms with Crippen LogP contribution in [-0.4, -0.2) is 35.7 Å². The SMILES string of the molecule is CCS(=O)(=O)c1ncc(CN(C)[C@H]2CCCc3ccccc32)n1Cc1ccccc1. The van der Waals surface area contributed by atoms with Crippen LogP contribution in [0, 0.1) is 0 Å². The zero-order valence-corrected chi connectivity index (χ0v) is 18.5. The number of aryl methyl sites for hydroxylation is 1. The van der Waals surface area contributed by atoms with E-state index in [4.69, 9.17) is 0 Å². The van der Waals surface area contributed by atoms with Gasteiger partial charge in [-0.3, -0.25) is 4.90 Å². The summed E-state index contributed by atoms with van der Waals surface area (Å²) in [6, 6.07) is 19.0. The molecule has 3 aromatic rings. The van der Waals surface area contributed by atoms with Gasteiger partial charge in [-0.2, -0.15) is 0 Å². The number of imidazole rings is 1. The lowest BCUT2D eigenvalue weighted by Crippen LogP contribution is -2.28. The molecule has 0 saturated heterocycles. The van der Waals surface area contributed by atoms with Crippen LogP contribution in [0.4, 0.5) is 0 Å². The van der Waals surface area contributed by atoms with Crippen LogP contribution in [0.1, 0.15) is 48.2 Å². The summed E-state index contributed by atoms with van der Waals surface area (Å²) in [5, 5.41) is 0.168. The molecule has 0 saturated carbocycles. The van der Waals surface area contributed by atoms with E-state index >= 15 is 0 Å². The standard InChI is InChI=1S/C24H29N3O2S/c1-3-30(28,29)24-25-16-21(27(24)17-19-10-5-4-6-11-19)18-26(2)23-15-9-13-20-12-7-8-14-22(20)23/h4-8,10-12,14,16,23H,3,9,13,15,17-18H2,1-2H3/t23-/m0/s1. The predicted octanol–water partition coefficient (Wildman–Crippen LogP) is 4.23. The third kappa shape index (κ3) is 4.20. The average Bonchev–Trinajstić information content (AvgIpc) is 3.16. The zero-order valence-electron chi connectivity index (χ0n) is 17.7. The molecule has 2 aromatic carbocycles. The first-order valence-electron chi connectivity index (χ1n) is 10.6. The van der Waals surface area contributed by atoms with Crippen molar-refractivity contribution in [1.82, 2.24) is 14.5 Å². The smallest absolute Gasteiger partial charge is 0.228 e. The third-order valence-electron chi connectivity index (χ3n) is 6.02. The molecule has 0 spiro atoms. The van der Waals surface area contributed by atoms with Crippen molar-refractivity contribution in [3.05, 3.63) is 83.2 Å². The van der Waals surface area contributed by atoms with Crippen molar-refractivity contribution in [3.63, 3.8) is 0 Å². The number of nitrogens with zero attached hydrogens (tertiary/aromatic N) is 3. The first-order chi connectivity index (χ1) is 14.5. The molecule has 1 heterocycles. The van der Waals surface area contributed by atoms with Crippen molar-refractivity contribution in [2.45, 2.75) is 50.5 Å². The van der Waals surface area contributed by atoms with E-state index in [9.17, 15) is 8.42 Å². The molecule has 6 heteroatoms. The summed E-state index contributed by atoms with van der Waals surface area (Å²) in [6.07, 6.45) is 5.15. The van der Waals surface area contributed by atoms with Gasteiger partial charge in [0.2, 0.25) is 15.0 Å². The van der Waals surface area contributed by atoms with E-state index in [1.807, 2.05) is 34.9 Å². The summed E-state index contributed by atoms with van der Waals surface area (Å²) in [5.74, 6) is 0.0457. The Bertz CT molecular complexity index is 1110. The van der Waals surface area contributed by atoms with Crippen molar-refractivity contribution in [3.8, 4) is 0 Å². The zero-order chi connectivity index (χ0) is 21.1. The van der Waals surface area contributed by atoms with E-state index in [2.05, 4.69) is 41.2 Å². The van der Waals surface area contributed by atoms with Crippen LogP contribution in [0.3, 0.4) is 0 Å². The summed E-state index contributed by atoms with van der Waals surface area (Å²) in [5.41, 5.74) is 4.81. The molecule has 0 radical (unpaired) electrons. The summed E-state index contributed by atoms with van der Waals surface area (Å²) in [7, 11) is -1.28. The summed E-state index contributed by atoms with van der Waals surface area (Å²) in [6.45, 7) is 2.82. The van der Waals surface area contributed by atoms with Crippen molar-refractivity contribution in [1.29, 1.82) is 0 Å². The van der Waals surface area contributed by atoms with Gasteiger partial charge in [-0.15, -0.1) is 0 Å². The third-order valence-corrected chi connectivity index (χ3v) is 7.67. The maximum Gasteiger partial charge on any atom is 0.228 e. The lowest BCUT2D eigenvalue weighted by atomic mass is 9.87. The minimum atomic E-state index is -3.40. The molecule has 5 nitrogen and oxygen atoms in total. The van der Waals surface area contributed by atoms with Gasteiger partial charge in [0, 0.05) is 12.6 Å². The Morgan fingerprint density at radius 1 is 1.10 bits per heavy atom.